The van der Waals surface area contributed by atoms with Gasteiger partial charge >= 0.3 is 0 Å². The van der Waals surface area contributed by atoms with Crippen molar-refractivity contribution in [2.75, 3.05) is 39.9 Å². The first-order chi connectivity index (χ1) is 13.1. The molecule has 2 aromatic rings. The van der Waals surface area contributed by atoms with Gasteiger partial charge in [-0.3, -0.25) is 14.0 Å². The van der Waals surface area contributed by atoms with Crippen molar-refractivity contribution < 1.29 is 14.3 Å². The number of hydrogen-bond donors (Lipinski definition) is 0. The monoisotopic (exact) mass is 371 g/mol. The predicted octanol–water partition coefficient (Wildman–Crippen LogP) is 1.22. The average Bonchev–Trinajstić information content (AvgIpc) is 3.17. The highest BCUT2D eigenvalue weighted by molar-refractivity contribution is 5.99. The molecule has 2 aliphatic heterocycles. The lowest BCUT2D eigenvalue weighted by molar-refractivity contribution is -0.139. The summed E-state index contributed by atoms with van der Waals surface area (Å²) in [6.07, 6.45) is 6.82. The van der Waals surface area contributed by atoms with Crippen LogP contribution in [-0.2, 0) is 9.53 Å². The van der Waals surface area contributed by atoms with Gasteiger partial charge in [-0.05, 0) is 31.4 Å². The largest absolute Gasteiger partial charge is 0.383 e. The van der Waals surface area contributed by atoms with E-state index in [9.17, 15) is 9.59 Å². The molecule has 2 fully saturated rings. The fourth-order valence-electron chi connectivity index (χ4n) is 4.41. The van der Waals surface area contributed by atoms with E-state index in [-0.39, 0.29) is 17.2 Å². The van der Waals surface area contributed by atoms with Crippen LogP contribution in [0, 0.1) is 5.41 Å². The molecule has 1 unspecified atom stereocenters. The van der Waals surface area contributed by atoms with E-state index in [0.717, 1.165) is 25.8 Å². The van der Waals surface area contributed by atoms with E-state index in [2.05, 4.69) is 10.2 Å². The number of carbonyl (C=O) groups excluding carboxylic acids is 2. The van der Waals surface area contributed by atoms with Gasteiger partial charge in [-0.25, -0.2) is 0 Å². The lowest BCUT2D eigenvalue weighted by atomic mass is 9.73. The van der Waals surface area contributed by atoms with Crippen LogP contribution < -0.4 is 0 Å². The van der Waals surface area contributed by atoms with Gasteiger partial charge in [-0.15, -0.1) is 10.2 Å². The van der Waals surface area contributed by atoms with E-state index in [1.54, 1.807) is 17.8 Å². The average molecular weight is 371 g/mol. The zero-order valence-corrected chi connectivity index (χ0v) is 15.6. The highest BCUT2D eigenvalue weighted by Crippen LogP contribution is 2.39. The summed E-state index contributed by atoms with van der Waals surface area (Å²) in [5, 5.41) is 8.00. The number of hydrogen-bond acceptors (Lipinski definition) is 5. The number of likely N-dealkylation sites (tertiary alicyclic amines) is 2. The van der Waals surface area contributed by atoms with Crippen LogP contribution in [0.25, 0.3) is 5.65 Å². The third-order valence-corrected chi connectivity index (χ3v) is 5.82. The van der Waals surface area contributed by atoms with Gasteiger partial charge in [0.25, 0.3) is 5.91 Å². The second-order valence-corrected chi connectivity index (χ2v) is 7.62. The van der Waals surface area contributed by atoms with Gasteiger partial charge in [0.05, 0.1) is 12.2 Å². The molecular weight excluding hydrogens is 346 g/mol. The van der Waals surface area contributed by atoms with Gasteiger partial charge in [0.1, 0.15) is 6.33 Å². The maximum atomic E-state index is 13.2. The van der Waals surface area contributed by atoms with Gasteiger partial charge in [0.2, 0.25) is 5.91 Å². The van der Waals surface area contributed by atoms with Crippen LogP contribution in [-0.4, -0.2) is 76.1 Å². The molecule has 8 heteroatoms. The lowest BCUT2D eigenvalue weighted by Crippen LogP contribution is -2.55. The van der Waals surface area contributed by atoms with Gasteiger partial charge in [0, 0.05) is 51.3 Å². The number of piperidine rings is 2. The summed E-state index contributed by atoms with van der Waals surface area (Å²) in [6, 6.07) is 3.65. The summed E-state index contributed by atoms with van der Waals surface area (Å²) in [5.41, 5.74) is 1.15. The number of methoxy groups -OCH3 is 1. The summed E-state index contributed by atoms with van der Waals surface area (Å²) in [6.45, 7) is 3.27. The first kappa shape index (κ1) is 17.9. The van der Waals surface area contributed by atoms with Crippen LogP contribution in [0.4, 0.5) is 0 Å². The van der Waals surface area contributed by atoms with E-state index < -0.39 is 0 Å². The highest BCUT2D eigenvalue weighted by atomic mass is 16.5. The second-order valence-electron chi connectivity index (χ2n) is 7.62. The molecule has 2 saturated heterocycles. The summed E-state index contributed by atoms with van der Waals surface area (Å²) in [4.78, 5) is 29.3. The summed E-state index contributed by atoms with van der Waals surface area (Å²) >= 11 is 0. The standard InChI is InChI=1S/C19H25N5O3/c1-27-11-10-22-12-19(7-5-16(22)25)6-3-9-23(13-19)18(26)15-4-2-8-24-14-20-21-17(15)24/h2,4,8,14H,3,5-7,9-13H2,1H3. The first-order valence-corrected chi connectivity index (χ1v) is 9.46. The third-order valence-electron chi connectivity index (χ3n) is 5.82. The van der Waals surface area contributed by atoms with Crippen molar-refractivity contribution in [1.29, 1.82) is 0 Å². The van der Waals surface area contributed by atoms with Crippen molar-refractivity contribution in [2.45, 2.75) is 25.7 Å². The highest BCUT2D eigenvalue weighted by Gasteiger charge is 2.42. The topological polar surface area (TPSA) is 80.0 Å². The molecule has 27 heavy (non-hydrogen) atoms. The number of nitrogens with zero attached hydrogens (tertiary/aromatic N) is 5. The Labute approximate surface area is 158 Å². The van der Waals surface area contributed by atoms with Crippen LogP contribution in [0.1, 0.15) is 36.0 Å². The smallest absolute Gasteiger partial charge is 0.257 e. The molecule has 2 amide bonds. The molecule has 0 radical (unpaired) electrons. The van der Waals surface area contributed by atoms with Crippen LogP contribution >= 0.6 is 0 Å². The predicted molar refractivity (Wildman–Crippen MR) is 98.2 cm³/mol. The zero-order valence-electron chi connectivity index (χ0n) is 15.6. The number of ether oxygens (including phenoxy) is 1. The van der Waals surface area contributed by atoms with Crippen molar-refractivity contribution in [2.24, 2.45) is 5.41 Å². The van der Waals surface area contributed by atoms with Crippen molar-refractivity contribution in [1.82, 2.24) is 24.4 Å². The van der Waals surface area contributed by atoms with Crippen molar-refractivity contribution in [3.05, 3.63) is 30.2 Å². The van der Waals surface area contributed by atoms with Crippen LogP contribution in [0.15, 0.2) is 24.7 Å². The van der Waals surface area contributed by atoms with Gasteiger partial charge in [-0.2, -0.15) is 0 Å². The quantitative estimate of drug-likeness (QED) is 0.807. The zero-order chi connectivity index (χ0) is 18.9. The molecule has 1 spiro atoms. The first-order valence-electron chi connectivity index (χ1n) is 9.46. The summed E-state index contributed by atoms with van der Waals surface area (Å²) in [5.74, 6) is 0.183. The minimum Gasteiger partial charge on any atom is -0.383 e. The van der Waals surface area contributed by atoms with E-state index in [4.69, 9.17) is 4.74 Å². The Morgan fingerprint density at radius 1 is 1.33 bits per heavy atom. The second kappa shape index (κ2) is 7.26. The minimum absolute atomic E-state index is 0.00647. The molecule has 2 aromatic heterocycles. The van der Waals surface area contributed by atoms with Crippen molar-refractivity contribution in [3.8, 4) is 0 Å². The molecule has 144 valence electrons. The molecule has 1 atom stereocenters. The Balaban J connectivity index is 1.53. The minimum atomic E-state index is -0.0195. The van der Waals surface area contributed by atoms with Crippen LogP contribution in [0.5, 0.6) is 0 Å². The molecule has 4 rings (SSSR count). The van der Waals surface area contributed by atoms with Crippen LogP contribution in [0.2, 0.25) is 0 Å². The molecule has 0 aromatic carbocycles. The fourth-order valence-corrected chi connectivity index (χ4v) is 4.41. The number of rotatable bonds is 4. The molecular formula is C19H25N5O3. The molecule has 8 nitrogen and oxygen atoms in total. The van der Waals surface area contributed by atoms with E-state index >= 15 is 0 Å². The fraction of sp³-hybridized carbons (Fsp3) is 0.579. The van der Waals surface area contributed by atoms with Gasteiger partial charge < -0.3 is 14.5 Å². The lowest BCUT2D eigenvalue weighted by Gasteiger charge is -2.48. The third kappa shape index (κ3) is 3.41. The Hall–Kier alpha value is -2.48. The number of pyridine rings is 1. The maximum Gasteiger partial charge on any atom is 0.257 e. The summed E-state index contributed by atoms with van der Waals surface area (Å²) < 4.78 is 6.91. The molecule has 0 aliphatic carbocycles. The maximum absolute atomic E-state index is 13.2. The van der Waals surface area contributed by atoms with E-state index in [1.807, 2.05) is 28.1 Å². The Morgan fingerprint density at radius 3 is 3.07 bits per heavy atom. The van der Waals surface area contributed by atoms with Gasteiger partial charge in [-0.1, -0.05) is 0 Å². The molecule has 2 aliphatic rings. The van der Waals surface area contributed by atoms with E-state index in [0.29, 0.717) is 43.9 Å². The Morgan fingerprint density at radius 2 is 2.22 bits per heavy atom. The Kier molecular flexibility index (Phi) is 4.82. The number of amides is 2. The Bertz CT molecular complexity index is 851. The number of carbonyl (C=O) groups is 2. The molecule has 0 N–H and O–H groups in total. The number of aromatic nitrogens is 3. The molecule has 4 heterocycles. The van der Waals surface area contributed by atoms with Crippen molar-refractivity contribution >= 4 is 17.5 Å². The van der Waals surface area contributed by atoms with Gasteiger partial charge in [0.15, 0.2) is 5.65 Å². The van der Waals surface area contributed by atoms with Crippen molar-refractivity contribution in [3.63, 3.8) is 0 Å². The molecule has 0 saturated carbocycles. The van der Waals surface area contributed by atoms with E-state index in [1.165, 1.54) is 0 Å². The molecule has 0 bridgehead atoms. The SMILES string of the molecule is COCCN1CC2(CCCN(C(=O)c3cccn4cnnc34)C2)CCC1=O. The van der Waals surface area contributed by atoms with Crippen LogP contribution in [0.3, 0.4) is 0 Å². The number of fused-ring (bicyclic) bond motifs is 1. The normalized spacial score (nSPS) is 23.4. The summed E-state index contributed by atoms with van der Waals surface area (Å²) in [7, 11) is 1.65.